The summed E-state index contributed by atoms with van der Waals surface area (Å²) >= 11 is 1.17. The second-order valence-electron chi connectivity index (χ2n) is 12.7. The van der Waals surface area contributed by atoms with Gasteiger partial charge in [0.15, 0.2) is 0 Å². The lowest BCUT2D eigenvalue weighted by Crippen LogP contribution is -2.39. The Morgan fingerprint density at radius 2 is 1.18 bits per heavy atom. The predicted molar refractivity (Wildman–Crippen MR) is 192 cm³/mol. The van der Waals surface area contributed by atoms with Gasteiger partial charge in [-0.05, 0) is 72.0 Å². The molecule has 0 fully saturated rings. The molecule has 0 saturated heterocycles. The van der Waals surface area contributed by atoms with Crippen LogP contribution in [0.2, 0.25) is 0 Å². The molecule has 7 nitrogen and oxygen atoms in total. The molecule has 8 heteroatoms. The first kappa shape index (κ1) is 43.5. The summed E-state index contributed by atoms with van der Waals surface area (Å²) in [5.41, 5.74) is 0. The van der Waals surface area contributed by atoms with Crippen LogP contribution >= 0.6 is 11.8 Å². The summed E-state index contributed by atoms with van der Waals surface area (Å²) in [7, 11) is 4.07. The second-order valence-corrected chi connectivity index (χ2v) is 13.8. The van der Waals surface area contributed by atoms with Gasteiger partial charge in [-0.25, -0.2) is 0 Å². The van der Waals surface area contributed by atoms with Crippen LogP contribution < -0.4 is 0 Å². The van der Waals surface area contributed by atoms with Crippen molar-refractivity contribution in [3.63, 3.8) is 0 Å². The molecule has 0 aliphatic heterocycles. The number of unbranched alkanes of at least 4 members (excludes halogenated alkanes) is 15. The molecule has 0 aromatic rings. The van der Waals surface area contributed by atoms with Crippen molar-refractivity contribution in [1.82, 2.24) is 9.80 Å². The Morgan fingerprint density at radius 3 is 1.76 bits per heavy atom. The number of nitrogens with zero attached hydrogens (tertiary/aromatic N) is 2. The van der Waals surface area contributed by atoms with E-state index in [9.17, 15) is 14.4 Å². The molecular weight excluding hydrogens is 584 g/mol. The van der Waals surface area contributed by atoms with Crippen molar-refractivity contribution in [2.75, 3.05) is 46.1 Å². The summed E-state index contributed by atoms with van der Waals surface area (Å²) in [6, 6.07) is 0. The maximum absolute atomic E-state index is 13.2. The number of allylic oxidation sites excluding steroid dienone is 1. The minimum absolute atomic E-state index is 0.139. The summed E-state index contributed by atoms with van der Waals surface area (Å²) < 4.78 is 11.4. The normalized spacial score (nSPS) is 11.5. The molecule has 0 aliphatic rings. The topological polar surface area (TPSA) is 76.1 Å². The number of carbonyl (C=O) groups is 3. The molecular formula is C37H70N2O5S. The van der Waals surface area contributed by atoms with Crippen molar-refractivity contribution in [2.45, 2.75) is 162 Å². The molecule has 0 heterocycles. The molecule has 45 heavy (non-hydrogen) atoms. The van der Waals surface area contributed by atoms with Gasteiger partial charge in [-0.15, -0.1) is 0 Å². The van der Waals surface area contributed by atoms with E-state index >= 15 is 0 Å². The van der Waals surface area contributed by atoms with E-state index in [1.165, 1.54) is 87.3 Å². The van der Waals surface area contributed by atoms with Crippen LogP contribution in [0, 0.1) is 0 Å². The van der Waals surface area contributed by atoms with E-state index in [0.29, 0.717) is 5.75 Å². The lowest BCUT2D eigenvalue weighted by molar-refractivity contribution is -0.151. The van der Waals surface area contributed by atoms with E-state index < -0.39 is 11.9 Å². The zero-order valence-electron chi connectivity index (χ0n) is 30.0. The quantitative estimate of drug-likeness (QED) is 0.0418. The van der Waals surface area contributed by atoms with Crippen LogP contribution in [0.15, 0.2) is 12.2 Å². The Balaban J connectivity index is 5.08. The van der Waals surface area contributed by atoms with Crippen LogP contribution in [0.3, 0.4) is 0 Å². The van der Waals surface area contributed by atoms with Gasteiger partial charge in [-0.2, -0.15) is 0 Å². The Bertz CT molecular complexity index is 730. The highest BCUT2D eigenvalue weighted by atomic mass is 32.2. The summed E-state index contributed by atoms with van der Waals surface area (Å²) in [6.45, 7) is 7.30. The molecule has 0 bridgehead atoms. The van der Waals surface area contributed by atoms with Crippen molar-refractivity contribution >= 4 is 28.9 Å². The SMILES string of the molecule is CCCCCC/C=C\COC(=O)CN(CC(=O)OC(CCCCCCCC)CCCCCCCC)C(=O)SCCCCN(C)C. The summed E-state index contributed by atoms with van der Waals surface area (Å²) in [5, 5.41) is -0.274. The molecule has 0 spiro atoms. The van der Waals surface area contributed by atoms with Crippen molar-refractivity contribution < 1.29 is 23.9 Å². The molecule has 0 saturated carbocycles. The van der Waals surface area contributed by atoms with Crippen LogP contribution in [0.1, 0.15) is 156 Å². The first-order chi connectivity index (χ1) is 21.8. The third-order valence-corrected chi connectivity index (χ3v) is 8.91. The van der Waals surface area contributed by atoms with Crippen LogP contribution in [0.4, 0.5) is 4.79 Å². The van der Waals surface area contributed by atoms with Gasteiger partial charge in [-0.3, -0.25) is 14.4 Å². The van der Waals surface area contributed by atoms with Gasteiger partial charge in [0.2, 0.25) is 0 Å². The summed E-state index contributed by atoms with van der Waals surface area (Å²) in [5.74, 6) is -0.291. The first-order valence-electron chi connectivity index (χ1n) is 18.4. The Morgan fingerprint density at radius 1 is 0.644 bits per heavy atom. The van der Waals surface area contributed by atoms with Crippen LogP contribution in [0.25, 0.3) is 0 Å². The smallest absolute Gasteiger partial charge is 0.326 e. The van der Waals surface area contributed by atoms with Crippen molar-refractivity contribution in [1.29, 1.82) is 0 Å². The zero-order chi connectivity index (χ0) is 33.4. The molecule has 0 aliphatic carbocycles. The molecule has 0 aromatic carbocycles. The number of hydrogen-bond acceptors (Lipinski definition) is 7. The number of carbonyl (C=O) groups excluding carboxylic acids is 3. The van der Waals surface area contributed by atoms with E-state index in [2.05, 4.69) is 25.7 Å². The zero-order valence-corrected chi connectivity index (χ0v) is 30.8. The van der Waals surface area contributed by atoms with E-state index in [4.69, 9.17) is 9.47 Å². The van der Waals surface area contributed by atoms with E-state index in [1.807, 2.05) is 26.2 Å². The van der Waals surface area contributed by atoms with Crippen molar-refractivity contribution in [2.24, 2.45) is 0 Å². The second kappa shape index (κ2) is 32.4. The van der Waals surface area contributed by atoms with E-state index in [0.717, 1.165) is 70.8 Å². The first-order valence-corrected chi connectivity index (χ1v) is 19.4. The van der Waals surface area contributed by atoms with Gasteiger partial charge in [0, 0.05) is 5.75 Å². The summed E-state index contributed by atoms with van der Waals surface area (Å²) in [4.78, 5) is 42.4. The van der Waals surface area contributed by atoms with Gasteiger partial charge in [-0.1, -0.05) is 128 Å². The third kappa shape index (κ3) is 29.6. The van der Waals surface area contributed by atoms with Gasteiger partial charge in [0.05, 0.1) is 0 Å². The van der Waals surface area contributed by atoms with Crippen molar-refractivity contribution in [3.8, 4) is 0 Å². The molecule has 0 unspecified atom stereocenters. The monoisotopic (exact) mass is 655 g/mol. The standard InChI is InChI=1S/C37H70N2O5S/c1-6-9-12-15-18-21-25-30-43-35(40)32-39(37(42)45-31-26-24-29-38(4)5)33-36(41)44-34(27-22-19-16-13-10-7-2)28-23-20-17-14-11-8-3/h21,25,34H,6-20,22-24,26-33H2,1-5H3/b25-21-. The average molecular weight is 655 g/mol. The highest BCUT2D eigenvalue weighted by molar-refractivity contribution is 8.13. The average Bonchev–Trinajstić information content (AvgIpc) is 3.00. The maximum atomic E-state index is 13.2. The molecule has 0 rings (SSSR count). The molecule has 0 radical (unpaired) electrons. The molecule has 1 amide bonds. The number of rotatable bonds is 31. The fourth-order valence-electron chi connectivity index (χ4n) is 5.13. The maximum Gasteiger partial charge on any atom is 0.326 e. The largest absolute Gasteiger partial charge is 0.461 e. The molecule has 0 aromatic heterocycles. The fourth-order valence-corrected chi connectivity index (χ4v) is 5.96. The van der Waals surface area contributed by atoms with Gasteiger partial charge in [0.1, 0.15) is 25.8 Å². The third-order valence-electron chi connectivity index (χ3n) is 7.91. The molecule has 264 valence electrons. The predicted octanol–water partition coefficient (Wildman–Crippen LogP) is 9.97. The molecule has 0 atom stereocenters. The van der Waals surface area contributed by atoms with Gasteiger partial charge in [0.25, 0.3) is 5.24 Å². The number of ether oxygens (including phenoxy) is 2. The Hall–Kier alpha value is -1.54. The Labute approximate surface area is 282 Å². The van der Waals surface area contributed by atoms with Crippen molar-refractivity contribution in [3.05, 3.63) is 12.2 Å². The number of amides is 1. The molecule has 0 N–H and O–H groups in total. The minimum atomic E-state index is -0.504. The Kier molecular flexibility index (Phi) is 31.3. The highest BCUT2D eigenvalue weighted by Gasteiger charge is 2.24. The van der Waals surface area contributed by atoms with E-state index in [-0.39, 0.29) is 31.0 Å². The van der Waals surface area contributed by atoms with Gasteiger partial charge < -0.3 is 19.3 Å². The van der Waals surface area contributed by atoms with E-state index in [1.54, 1.807) is 0 Å². The van der Waals surface area contributed by atoms with Crippen LogP contribution in [-0.2, 0) is 19.1 Å². The highest BCUT2D eigenvalue weighted by Crippen LogP contribution is 2.18. The number of esters is 2. The minimum Gasteiger partial charge on any atom is -0.461 e. The number of thioether (sulfide) groups is 1. The lowest BCUT2D eigenvalue weighted by Gasteiger charge is -2.23. The van der Waals surface area contributed by atoms with Crippen LogP contribution in [0.5, 0.6) is 0 Å². The summed E-state index contributed by atoms with van der Waals surface area (Å²) in [6.07, 6.45) is 27.4. The lowest BCUT2D eigenvalue weighted by atomic mass is 10.0. The fraction of sp³-hybridized carbons (Fsp3) is 0.865. The van der Waals surface area contributed by atoms with Gasteiger partial charge >= 0.3 is 11.9 Å². The number of hydrogen-bond donors (Lipinski definition) is 0. The van der Waals surface area contributed by atoms with Crippen LogP contribution in [-0.4, -0.2) is 79.2 Å².